The summed E-state index contributed by atoms with van der Waals surface area (Å²) in [6.07, 6.45) is 1.77. The smallest absolute Gasteiger partial charge is 0.371 e. The van der Waals surface area contributed by atoms with Gasteiger partial charge in [-0.05, 0) is 39.2 Å². The third kappa shape index (κ3) is 5.67. The van der Waals surface area contributed by atoms with Gasteiger partial charge in [-0.3, -0.25) is 4.57 Å². The summed E-state index contributed by atoms with van der Waals surface area (Å²) in [5.41, 5.74) is 0.753. The van der Waals surface area contributed by atoms with E-state index in [-0.39, 0.29) is 25.1 Å². The van der Waals surface area contributed by atoms with Crippen molar-refractivity contribution in [2.75, 3.05) is 31.4 Å². The minimum atomic E-state index is -3.80. The number of carbonyl (C=O) groups is 1. The van der Waals surface area contributed by atoms with Gasteiger partial charge in [-0.2, -0.15) is 0 Å². The van der Waals surface area contributed by atoms with Crippen LogP contribution >= 0.6 is 19.4 Å². The predicted molar refractivity (Wildman–Crippen MR) is 98.1 cm³/mol. The number of thioether (sulfide) groups is 1. The van der Waals surface area contributed by atoms with Crippen molar-refractivity contribution >= 4 is 31.0 Å². The van der Waals surface area contributed by atoms with Crippen molar-refractivity contribution in [3.63, 3.8) is 0 Å². The largest absolute Gasteiger partial charge is 0.462 e. The molecule has 6 nitrogen and oxygen atoms in total. The van der Waals surface area contributed by atoms with Crippen LogP contribution in [-0.4, -0.2) is 32.0 Å². The summed E-state index contributed by atoms with van der Waals surface area (Å²) in [7, 11) is -3.80. The normalized spacial score (nSPS) is 12.5. The van der Waals surface area contributed by atoms with Crippen molar-refractivity contribution in [3.8, 4) is 0 Å². The van der Waals surface area contributed by atoms with E-state index in [1.165, 1.54) is 11.8 Å². The zero-order valence-electron chi connectivity index (χ0n) is 14.4. The Kier molecular flexibility index (Phi) is 9.14. The molecular formula is C16H24NO5PS. The number of benzene rings is 1. The van der Waals surface area contributed by atoms with E-state index in [0.29, 0.717) is 5.03 Å². The molecule has 0 saturated carbocycles. The number of para-hydroxylation sites is 1. The average Bonchev–Trinajstić information content (AvgIpc) is 2.55. The molecule has 0 aromatic heterocycles. The van der Waals surface area contributed by atoms with Gasteiger partial charge in [0.15, 0.2) is 5.31 Å². The second-order valence-corrected chi connectivity index (χ2v) is 7.20. The number of hydrogen-bond acceptors (Lipinski definition) is 7. The zero-order valence-corrected chi connectivity index (χ0v) is 16.1. The summed E-state index contributed by atoms with van der Waals surface area (Å²) in [4.78, 5) is 12.5. The quantitative estimate of drug-likeness (QED) is 0.369. The summed E-state index contributed by atoms with van der Waals surface area (Å²) in [6, 6.07) is 9.27. The highest BCUT2D eigenvalue weighted by atomic mass is 32.2. The van der Waals surface area contributed by atoms with Gasteiger partial charge in [-0.1, -0.05) is 18.2 Å². The molecule has 0 unspecified atom stereocenters. The first kappa shape index (κ1) is 20.8. The highest BCUT2D eigenvalue weighted by Gasteiger charge is 2.39. The van der Waals surface area contributed by atoms with E-state index in [1.807, 2.05) is 30.3 Å². The third-order valence-electron chi connectivity index (χ3n) is 2.79. The molecule has 0 atom stereocenters. The number of esters is 1. The molecule has 0 aliphatic carbocycles. The molecule has 0 amide bonds. The lowest BCUT2D eigenvalue weighted by Crippen LogP contribution is -2.16. The van der Waals surface area contributed by atoms with E-state index in [9.17, 15) is 9.36 Å². The lowest BCUT2D eigenvalue weighted by Gasteiger charge is -2.22. The second-order valence-electron chi connectivity index (χ2n) is 4.43. The number of ether oxygens (including phenoxy) is 1. The van der Waals surface area contributed by atoms with Gasteiger partial charge in [0.1, 0.15) is 0 Å². The van der Waals surface area contributed by atoms with Crippen LogP contribution in [0.25, 0.3) is 0 Å². The highest BCUT2D eigenvalue weighted by Crippen LogP contribution is 2.58. The summed E-state index contributed by atoms with van der Waals surface area (Å²) < 4.78 is 28.9. The lowest BCUT2D eigenvalue weighted by molar-refractivity contribution is -0.137. The van der Waals surface area contributed by atoms with Gasteiger partial charge in [0.2, 0.25) is 0 Å². The van der Waals surface area contributed by atoms with Crippen molar-refractivity contribution in [2.45, 2.75) is 20.8 Å². The maximum Gasteiger partial charge on any atom is 0.371 e. The van der Waals surface area contributed by atoms with Gasteiger partial charge in [-0.15, -0.1) is 11.8 Å². The van der Waals surface area contributed by atoms with Gasteiger partial charge in [0.25, 0.3) is 0 Å². The lowest BCUT2D eigenvalue weighted by atomic mass is 10.3. The second kappa shape index (κ2) is 10.6. The standard InChI is InChI=1S/C16H24NO5PS/c1-5-20-16(18)14(23(19,21-6-2)22-7-3)15(24-4)17-13-11-9-8-10-12-13/h8-12,17H,5-7H2,1-4H3/b15-14-. The maximum atomic E-state index is 13.2. The Labute approximate surface area is 147 Å². The summed E-state index contributed by atoms with van der Waals surface area (Å²) in [5, 5.41) is 3.37. The van der Waals surface area contributed by atoms with E-state index >= 15 is 0 Å². The van der Waals surface area contributed by atoms with Crippen LogP contribution in [0.3, 0.4) is 0 Å². The number of hydrogen-bond donors (Lipinski definition) is 1. The van der Waals surface area contributed by atoms with Crippen LogP contribution in [0.15, 0.2) is 40.7 Å². The van der Waals surface area contributed by atoms with Gasteiger partial charge < -0.3 is 19.1 Å². The fraction of sp³-hybridized carbons (Fsp3) is 0.438. The van der Waals surface area contributed by atoms with Gasteiger partial charge in [-0.25, -0.2) is 4.79 Å². The molecule has 0 fully saturated rings. The molecule has 0 saturated heterocycles. The summed E-state index contributed by atoms with van der Waals surface area (Å²) in [5.74, 6) is -0.712. The molecule has 134 valence electrons. The van der Waals surface area contributed by atoms with E-state index in [1.54, 1.807) is 27.0 Å². The number of rotatable bonds is 10. The maximum absolute atomic E-state index is 13.2. The van der Waals surface area contributed by atoms with Gasteiger partial charge >= 0.3 is 13.6 Å². The van der Waals surface area contributed by atoms with Crippen LogP contribution in [0.2, 0.25) is 0 Å². The fourth-order valence-electron chi connectivity index (χ4n) is 1.89. The molecule has 1 aromatic carbocycles. The van der Waals surface area contributed by atoms with Crippen molar-refractivity contribution in [1.82, 2.24) is 0 Å². The van der Waals surface area contributed by atoms with Crippen LogP contribution in [0, 0.1) is 0 Å². The third-order valence-corrected chi connectivity index (χ3v) is 5.81. The molecular weight excluding hydrogens is 349 g/mol. The van der Waals surface area contributed by atoms with Crippen LogP contribution in [0.5, 0.6) is 0 Å². The number of carbonyl (C=O) groups excluding carboxylic acids is 1. The summed E-state index contributed by atoms with van der Waals surface area (Å²) in [6.45, 7) is 5.52. The molecule has 0 spiro atoms. The van der Waals surface area contributed by atoms with Crippen molar-refractivity contribution in [3.05, 3.63) is 40.7 Å². The minimum Gasteiger partial charge on any atom is -0.462 e. The molecule has 24 heavy (non-hydrogen) atoms. The fourth-order valence-corrected chi connectivity index (χ4v) is 4.61. The Hall–Kier alpha value is -1.27. The first-order valence-electron chi connectivity index (χ1n) is 7.69. The average molecular weight is 373 g/mol. The molecule has 1 N–H and O–H groups in total. The van der Waals surface area contributed by atoms with Crippen LogP contribution in [0.1, 0.15) is 20.8 Å². The van der Waals surface area contributed by atoms with Gasteiger partial charge in [0, 0.05) is 5.69 Å². The molecule has 0 aliphatic heterocycles. The van der Waals surface area contributed by atoms with E-state index in [4.69, 9.17) is 13.8 Å². The molecule has 0 heterocycles. The Morgan fingerprint density at radius 2 is 1.67 bits per heavy atom. The molecule has 1 rings (SSSR count). The Morgan fingerprint density at radius 3 is 2.12 bits per heavy atom. The first-order valence-corrected chi connectivity index (χ1v) is 10.5. The van der Waals surface area contributed by atoms with Crippen molar-refractivity contribution in [2.24, 2.45) is 0 Å². The van der Waals surface area contributed by atoms with Crippen LogP contribution < -0.4 is 5.32 Å². The first-order chi connectivity index (χ1) is 11.5. The number of nitrogens with one attached hydrogen (secondary N) is 1. The zero-order chi connectivity index (χ0) is 18.0. The predicted octanol–water partition coefficient (Wildman–Crippen LogP) is 4.46. The monoisotopic (exact) mass is 373 g/mol. The molecule has 1 aromatic rings. The Balaban J connectivity index is 3.40. The SMILES string of the molecule is CCOC(=O)/C(=C(\Nc1ccccc1)SC)P(=O)(OCC)OCC. The van der Waals surface area contributed by atoms with Crippen LogP contribution in [-0.2, 0) is 23.1 Å². The molecule has 0 radical (unpaired) electrons. The van der Waals surface area contributed by atoms with Crippen molar-refractivity contribution in [1.29, 1.82) is 0 Å². The molecule has 0 bridgehead atoms. The van der Waals surface area contributed by atoms with E-state index in [0.717, 1.165) is 5.69 Å². The molecule has 8 heteroatoms. The summed E-state index contributed by atoms with van der Waals surface area (Å²) >= 11 is 1.24. The van der Waals surface area contributed by atoms with Crippen molar-refractivity contribution < 1.29 is 23.1 Å². The van der Waals surface area contributed by atoms with E-state index < -0.39 is 13.6 Å². The van der Waals surface area contributed by atoms with Gasteiger partial charge in [0.05, 0.1) is 24.8 Å². The molecule has 0 aliphatic rings. The van der Waals surface area contributed by atoms with E-state index in [2.05, 4.69) is 5.32 Å². The Morgan fingerprint density at radius 1 is 1.08 bits per heavy atom. The highest BCUT2D eigenvalue weighted by molar-refractivity contribution is 8.02. The number of anilines is 1. The Bertz CT molecular complexity index is 596. The topological polar surface area (TPSA) is 73.9 Å². The minimum absolute atomic E-state index is 0.107. The van der Waals surface area contributed by atoms with Crippen LogP contribution in [0.4, 0.5) is 5.69 Å².